The van der Waals surface area contributed by atoms with Crippen molar-refractivity contribution in [1.82, 2.24) is 0 Å². The van der Waals surface area contributed by atoms with Crippen molar-refractivity contribution in [2.45, 2.75) is 65.6 Å². The standard InChI is InChI=1S/C14H26O5/c1-6-13(18-10-9-17-11(4)15)14(7-2,8-3)19-12(5)16/h13H,6-10H2,1-5H3. The van der Waals surface area contributed by atoms with Gasteiger partial charge in [0.1, 0.15) is 12.2 Å². The lowest BCUT2D eigenvalue weighted by Crippen LogP contribution is -2.46. The van der Waals surface area contributed by atoms with E-state index in [-0.39, 0.29) is 24.6 Å². The molecule has 112 valence electrons. The van der Waals surface area contributed by atoms with Gasteiger partial charge in [0.05, 0.1) is 12.7 Å². The summed E-state index contributed by atoms with van der Waals surface area (Å²) in [6.45, 7) is 9.23. The van der Waals surface area contributed by atoms with Crippen molar-refractivity contribution in [1.29, 1.82) is 0 Å². The smallest absolute Gasteiger partial charge is 0.303 e. The van der Waals surface area contributed by atoms with E-state index in [0.717, 1.165) is 6.42 Å². The lowest BCUT2D eigenvalue weighted by molar-refractivity contribution is -0.181. The summed E-state index contributed by atoms with van der Waals surface area (Å²) in [5.41, 5.74) is -0.600. The number of ether oxygens (including phenoxy) is 3. The fourth-order valence-electron chi connectivity index (χ4n) is 2.22. The Bertz CT molecular complexity index is 284. The Hall–Kier alpha value is -1.10. The Morgan fingerprint density at radius 1 is 1.00 bits per heavy atom. The van der Waals surface area contributed by atoms with Crippen LogP contribution in [0.4, 0.5) is 0 Å². The Kier molecular flexibility index (Phi) is 8.39. The van der Waals surface area contributed by atoms with Crippen LogP contribution in [-0.4, -0.2) is 36.9 Å². The Morgan fingerprint density at radius 3 is 1.95 bits per heavy atom. The van der Waals surface area contributed by atoms with E-state index < -0.39 is 5.60 Å². The predicted molar refractivity (Wildman–Crippen MR) is 71.7 cm³/mol. The van der Waals surface area contributed by atoms with Crippen molar-refractivity contribution in [3.05, 3.63) is 0 Å². The molecule has 0 rings (SSSR count). The Labute approximate surface area is 115 Å². The number of carbonyl (C=O) groups is 2. The van der Waals surface area contributed by atoms with Gasteiger partial charge < -0.3 is 14.2 Å². The van der Waals surface area contributed by atoms with Crippen LogP contribution in [0.25, 0.3) is 0 Å². The van der Waals surface area contributed by atoms with Gasteiger partial charge in [0.25, 0.3) is 0 Å². The lowest BCUT2D eigenvalue weighted by Gasteiger charge is -2.38. The van der Waals surface area contributed by atoms with Crippen LogP contribution < -0.4 is 0 Å². The average Bonchev–Trinajstić information content (AvgIpc) is 2.36. The van der Waals surface area contributed by atoms with Crippen molar-refractivity contribution in [2.75, 3.05) is 13.2 Å². The van der Waals surface area contributed by atoms with Gasteiger partial charge in [-0.05, 0) is 19.3 Å². The van der Waals surface area contributed by atoms with Crippen molar-refractivity contribution in [3.8, 4) is 0 Å². The summed E-state index contributed by atoms with van der Waals surface area (Å²) in [7, 11) is 0. The first-order chi connectivity index (χ1) is 8.91. The van der Waals surface area contributed by atoms with Gasteiger partial charge in [0, 0.05) is 13.8 Å². The largest absolute Gasteiger partial charge is 0.463 e. The molecular formula is C14H26O5. The number of carbonyl (C=O) groups excluding carboxylic acids is 2. The van der Waals surface area contributed by atoms with E-state index in [0.29, 0.717) is 19.4 Å². The molecule has 0 bridgehead atoms. The molecule has 1 unspecified atom stereocenters. The summed E-state index contributed by atoms with van der Waals surface area (Å²) in [6, 6.07) is 0. The number of hydrogen-bond acceptors (Lipinski definition) is 5. The zero-order valence-electron chi connectivity index (χ0n) is 12.7. The normalized spacial score (nSPS) is 12.9. The summed E-state index contributed by atoms with van der Waals surface area (Å²) in [5, 5.41) is 0. The molecule has 5 nitrogen and oxygen atoms in total. The molecule has 0 aromatic heterocycles. The second-order valence-electron chi connectivity index (χ2n) is 4.47. The van der Waals surface area contributed by atoms with Crippen molar-refractivity contribution >= 4 is 11.9 Å². The molecule has 0 aliphatic rings. The van der Waals surface area contributed by atoms with Crippen LogP contribution >= 0.6 is 0 Å². The first-order valence-electron chi connectivity index (χ1n) is 6.86. The quantitative estimate of drug-likeness (QED) is 0.477. The van der Waals surface area contributed by atoms with Crippen LogP contribution in [0.5, 0.6) is 0 Å². The number of esters is 2. The molecule has 1 atom stereocenters. The fourth-order valence-corrected chi connectivity index (χ4v) is 2.22. The SMILES string of the molecule is CCC(OCCOC(C)=O)C(CC)(CC)OC(C)=O. The minimum atomic E-state index is -0.600. The molecule has 0 aliphatic carbocycles. The molecule has 5 heteroatoms. The van der Waals surface area contributed by atoms with Gasteiger partial charge in [-0.2, -0.15) is 0 Å². The number of hydrogen-bond donors (Lipinski definition) is 0. The maximum atomic E-state index is 11.3. The third kappa shape index (κ3) is 6.05. The van der Waals surface area contributed by atoms with E-state index in [1.165, 1.54) is 13.8 Å². The van der Waals surface area contributed by atoms with E-state index in [2.05, 4.69) is 0 Å². The fraction of sp³-hybridized carbons (Fsp3) is 0.857. The van der Waals surface area contributed by atoms with E-state index in [1.54, 1.807) is 0 Å². The monoisotopic (exact) mass is 274 g/mol. The molecule has 0 aliphatic heterocycles. The second-order valence-corrected chi connectivity index (χ2v) is 4.47. The van der Waals surface area contributed by atoms with E-state index >= 15 is 0 Å². The van der Waals surface area contributed by atoms with Gasteiger partial charge in [-0.3, -0.25) is 9.59 Å². The minimum absolute atomic E-state index is 0.193. The van der Waals surface area contributed by atoms with Crippen molar-refractivity contribution in [3.63, 3.8) is 0 Å². The molecule has 0 saturated carbocycles. The third-order valence-electron chi connectivity index (χ3n) is 3.21. The molecule has 0 aromatic carbocycles. The summed E-state index contributed by atoms with van der Waals surface area (Å²) in [4.78, 5) is 21.9. The molecule has 0 radical (unpaired) electrons. The van der Waals surface area contributed by atoms with Gasteiger partial charge >= 0.3 is 11.9 Å². The van der Waals surface area contributed by atoms with Crippen molar-refractivity contribution < 1.29 is 23.8 Å². The Morgan fingerprint density at radius 2 is 1.58 bits per heavy atom. The Balaban J connectivity index is 4.56. The molecule has 0 heterocycles. The minimum Gasteiger partial charge on any atom is -0.463 e. The van der Waals surface area contributed by atoms with E-state index in [9.17, 15) is 9.59 Å². The molecule has 0 fully saturated rings. The maximum Gasteiger partial charge on any atom is 0.303 e. The van der Waals surface area contributed by atoms with E-state index in [4.69, 9.17) is 14.2 Å². The summed E-state index contributed by atoms with van der Waals surface area (Å²) >= 11 is 0. The van der Waals surface area contributed by atoms with Crippen LogP contribution in [0, 0.1) is 0 Å². The summed E-state index contributed by atoms with van der Waals surface area (Å²) in [5.74, 6) is -0.625. The van der Waals surface area contributed by atoms with Crippen LogP contribution in [-0.2, 0) is 23.8 Å². The first-order valence-corrected chi connectivity index (χ1v) is 6.86. The molecular weight excluding hydrogens is 248 g/mol. The first kappa shape index (κ1) is 17.9. The van der Waals surface area contributed by atoms with Gasteiger partial charge in [0.15, 0.2) is 0 Å². The summed E-state index contributed by atoms with van der Waals surface area (Å²) < 4.78 is 16.1. The van der Waals surface area contributed by atoms with E-state index in [1.807, 2.05) is 20.8 Å². The van der Waals surface area contributed by atoms with Gasteiger partial charge in [-0.1, -0.05) is 20.8 Å². The predicted octanol–water partition coefficient (Wildman–Crippen LogP) is 2.47. The van der Waals surface area contributed by atoms with Crippen molar-refractivity contribution in [2.24, 2.45) is 0 Å². The lowest BCUT2D eigenvalue weighted by atomic mass is 9.88. The average molecular weight is 274 g/mol. The maximum absolute atomic E-state index is 11.3. The van der Waals surface area contributed by atoms with Crippen LogP contribution in [0.3, 0.4) is 0 Å². The van der Waals surface area contributed by atoms with Gasteiger partial charge in [-0.25, -0.2) is 0 Å². The van der Waals surface area contributed by atoms with Crippen LogP contribution in [0.1, 0.15) is 53.9 Å². The molecule has 0 N–H and O–H groups in total. The topological polar surface area (TPSA) is 61.8 Å². The zero-order chi connectivity index (χ0) is 14.9. The zero-order valence-corrected chi connectivity index (χ0v) is 12.7. The highest BCUT2D eigenvalue weighted by Gasteiger charge is 2.38. The van der Waals surface area contributed by atoms with Crippen LogP contribution in [0.15, 0.2) is 0 Å². The van der Waals surface area contributed by atoms with Gasteiger partial charge in [0.2, 0.25) is 0 Å². The molecule has 0 aromatic rings. The van der Waals surface area contributed by atoms with Gasteiger partial charge in [-0.15, -0.1) is 0 Å². The molecule has 0 spiro atoms. The third-order valence-corrected chi connectivity index (χ3v) is 3.21. The molecule has 0 amide bonds. The molecule has 0 saturated heterocycles. The molecule has 19 heavy (non-hydrogen) atoms. The highest BCUT2D eigenvalue weighted by molar-refractivity contribution is 5.66. The van der Waals surface area contributed by atoms with Crippen LogP contribution in [0.2, 0.25) is 0 Å². The number of rotatable bonds is 9. The second kappa shape index (κ2) is 8.91. The highest BCUT2D eigenvalue weighted by atomic mass is 16.6. The highest BCUT2D eigenvalue weighted by Crippen LogP contribution is 2.29. The summed E-state index contributed by atoms with van der Waals surface area (Å²) in [6.07, 6.45) is 1.92.